The van der Waals surface area contributed by atoms with Crippen molar-refractivity contribution >= 4 is 17.3 Å². The highest BCUT2D eigenvalue weighted by molar-refractivity contribution is 6.02. The molecule has 0 radical (unpaired) electrons. The van der Waals surface area contributed by atoms with Gasteiger partial charge in [-0.1, -0.05) is 13.0 Å². The molecule has 6 nitrogen and oxygen atoms in total. The van der Waals surface area contributed by atoms with Crippen LogP contribution in [0.25, 0.3) is 5.52 Å². The minimum atomic E-state index is -0.293. The Labute approximate surface area is 129 Å². The van der Waals surface area contributed by atoms with Gasteiger partial charge in [-0.2, -0.15) is 0 Å². The maximum absolute atomic E-state index is 12.4. The van der Waals surface area contributed by atoms with Crippen LogP contribution < -0.4 is 10.6 Å². The number of amides is 2. The Hall–Kier alpha value is -2.37. The lowest BCUT2D eigenvalue weighted by Crippen LogP contribution is -2.33. The van der Waals surface area contributed by atoms with Crippen molar-refractivity contribution in [3.05, 3.63) is 35.9 Å². The highest BCUT2D eigenvalue weighted by Crippen LogP contribution is 2.14. The van der Waals surface area contributed by atoms with Gasteiger partial charge in [0, 0.05) is 18.3 Å². The average molecular weight is 302 g/mol. The molecule has 2 N–H and O–H groups in total. The maximum atomic E-state index is 12.4. The molecule has 0 fully saturated rings. The molecule has 0 bridgehead atoms. The summed E-state index contributed by atoms with van der Waals surface area (Å²) in [5.74, 6) is -0.334. The van der Waals surface area contributed by atoms with Gasteiger partial charge in [0.15, 0.2) is 5.69 Å². The fraction of sp³-hybridized carbons (Fsp3) is 0.438. The van der Waals surface area contributed by atoms with E-state index in [0.29, 0.717) is 5.52 Å². The van der Waals surface area contributed by atoms with E-state index in [1.807, 2.05) is 33.8 Å². The fourth-order valence-corrected chi connectivity index (χ4v) is 2.09. The number of nitrogens with zero attached hydrogens (tertiary/aromatic N) is 2. The number of imidazole rings is 1. The van der Waals surface area contributed by atoms with E-state index in [1.54, 1.807) is 22.7 Å². The van der Waals surface area contributed by atoms with Crippen molar-refractivity contribution in [1.29, 1.82) is 0 Å². The average Bonchev–Trinajstić information content (AvgIpc) is 2.86. The van der Waals surface area contributed by atoms with Crippen LogP contribution in [-0.4, -0.2) is 33.3 Å². The Bertz CT molecular complexity index is 691. The zero-order chi connectivity index (χ0) is 16.3. The Morgan fingerprint density at radius 1 is 1.18 bits per heavy atom. The Balaban J connectivity index is 2.44. The summed E-state index contributed by atoms with van der Waals surface area (Å²) in [7, 11) is 0. The molecule has 6 heteroatoms. The third-order valence-electron chi connectivity index (χ3n) is 3.38. The van der Waals surface area contributed by atoms with Crippen LogP contribution >= 0.6 is 0 Å². The lowest BCUT2D eigenvalue weighted by Gasteiger charge is -2.09. The third kappa shape index (κ3) is 3.27. The molecule has 0 aliphatic carbocycles. The van der Waals surface area contributed by atoms with Crippen LogP contribution in [0.5, 0.6) is 0 Å². The zero-order valence-electron chi connectivity index (χ0n) is 13.4. The zero-order valence-corrected chi connectivity index (χ0v) is 13.4. The van der Waals surface area contributed by atoms with Crippen molar-refractivity contribution < 1.29 is 9.59 Å². The summed E-state index contributed by atoms with van der Waals surface area (Å²) in [6.45, 7) is 7.69. The van der Waals surface area contributed by atoms with E-state index in [1.165, 1.54) is 0 Å². The van der Waals surface area contributed by atoms with Crippen molar-refractivity contribution in [2.45, 2.75) is 46.2 Å². The predicted octanol–water partition coefficient (Wildman–Crippen LogP) is 2.00. The number of nitrogens with one attached hydrogen (secondary N) is 2. The first kappa shape index (κ1) is 16.0. The van der Waals surface area contributed by atoms with Crippen LogP contribution in [0, 0.1) is 0 Å². The van der Waals surface area contributed by atoms with E-state index in [4.69, 9.17) is 0 Å². The van der Waals surface area contributed by atoms with Gasteiger partial charge in [-0.05, 0) is 39.3 Å². The normalized spacial score (nSPS) is 12.4. The van der Waals surface area contributed by atoms with Gasteiger partial charge in [0.25, 0.3) is 11.8 Å². The van der Waals surface area contributed by atoms with E-state index in [0.717, 1.165) is 6.42 Å². The molecule has 0 aliphatic rings. The molecule has 0 saturated heterocycles. The topological polar surface area (TPSA) is 75.5 Å². The number of carbonyl (C=O) groups is 2. The lowest BCUT2D eigenvalue weighted by atomic mass is 10.2. The molecule has 2 aromatic rings. The molecule has 22 heavy (non-hydrogen) atoms. The summed E-state index contributed by atoms with van der Waals surface area (Å²) in [5.41, 5.74) is 0.895. The number of hydrogen-bond acceptors (Lipinski definition) is 3. The third-order valence-corrected chi connectivity index (χ3v) is 3.38. The number of fused-ring (bicyclic) bond motifs is 1. The van der Waals surface area contributed by atoms with Crippen LogP contribution in [0.1, 0.15) is 55.2 Å². The number of aromatic nitrogens is 2. The monoisotopic (exact) mass is 302 g/mol. The van der Waals surface area contributed by atoms with Gasteiger partial charge in [-0.3, -0.25) is 14.0 Å². The largest absolute Gasteiger partial charge is 0.348 e. The summed E-state index contributed by atoms with van der Waals surface area (Å²) in [4.78, 5) is 28.9. The Kier molecular flexibility index (Phi) is 4.80. The second kappa shape index (κ2) is 6.60. The van der Waals surface area contributed by atoms with E-state index < -0.39 is 0 Å². The SMILES string of the molecule is CCC(C)NC(=O)c1nc(C(=O)NC(C)C)n2ccccc12. The molecule has 2 amide bonds. The predicted molar refractivity (Wildman–Crippen MR) is 85.0 cm³/mol. The van der Waals surface area contributed by atoms with Crippen LogP contribution in [0.2, 0.25) is 0 Å². The van der Waals surface area contributed by atoms with E-state index in [2.05, 4.69) is 15.6 Å². The van der Waals surface area contributed by atoms with Gasteiger partial charge >= 0.3 is 0 Å². The molecule has 1 atom stereocenters. The van der Waals surface area contributed by atoms with E-state index in [-0.39, 0.29) is 35.4 Å². The summed E-state index contributed by atoms with van der Waals surface area (Å²) < 4.78 is 1.64. The van der Waals surface area contributed by atoms with Gasteiger partial charge in [-0.25, -0.2) is 4.98 Å². The highest BCUT2D eigenvalue weighted by atomic mass is 16.2. The first-order chi connectivity index (χ1) is 10.4. The molecule has 0 spiro atoms. The smallest absolute Gasteiger partial charge is 0.287 e. The standard InChI is InChI=1S/C16H22N4O2/c1-5-11(4)18-15(21)13-12-8-6-7-9-20(12)14(19-13)16(22)17-10(2)3/h6-11H,5H2,1-4H3,(H,17,22)(H,18,21). The van der Waals surface area contributed by atoms with Crippen molar-refractivity contribution in [3.63, 3.8) is 0 Å². The molecule has 2 rings (SSSR count). The summed E-state index contributed by atoms with van der Waals surface area (Å²) in [6, 6.07) is 5.46. The van der Waals surface area contributed by atoms with Gasteiger partial charge < -0.3 is 10.6 Å². The quantitative estimate of drug-likeness (QED) is 0.887. The van der Waals surface area contributed by atoms with Crippen molar-refractivity contribution in [1.82, 2.24) is 20.0 Å². The van der Waals surface area contributed by atoms with Crippen LogP contribution in [0.3, 0.4) is 0 Å². The summed E-state index contributed by atoms with van der Waals surface area (Å²) in [6.07, 6.45) is 2.57. The minimum absolute atomic E-state index is 0.000882. The van der Waals surface area contributed by atoms with Gasteiger partial charge in [0.2, 0.25) is 5.82 Å². The Morgan fingerprint density at radius 3 is 2.55 bits per heavy atom. The van der Waals surface area contributed by atoms with E-state index in [9.17, 15) is 9.59 Å². The first-order valence-corrected chi connectivity index (χ1v) is 7.52. The number of hydrogen-bond donors (Lipinski definition) is 2. The first-order valence-electron chi connectivity index (χ1n) is 7.52. The molecule has 118 valence electrons. The Morgan fingerprint density at radius 2 is 1.91 bits per heavy atom. The second-order valence-corrected chi connectivity index (χ2v) is 5.65. The molecule has 0 aliphatic heterocycles. The minimum Gasteiger partial charge on any atom is -0.348 e. The van der Waals surface area contributed by atoms with E-state index >= 15 is 0 Å². The summed E-state index contributed by atoms with van der Waals surface area (Å²) in [5, 5.41) is 5.69. The lowest BCUT2D eigenvalue weighted by molar-refractivity contribution is 0.0932. The molecule has 0 aromatic carbocycles. The van der Waals surface area contributed by atoms with Crippen molar-refractivity contribution in [2.75, 3.05) is 0 Å². The highest BCUT2D eigenvalue weighted by Gasteiger charge is 2.22. The second-order valence-electron chi connectivity index (χ2n) is 5.65. The number of pyridine rings is 1. The molecule has 1 unspecified atom stereocenters. The van der Waals surface area contributed by atoms with Crippen LogP contribution in [-0.2, 0) is 0 Å². The van der Waals surface area contributed by atoms with Gasteiger partial charge in [-0.15, -0.1) is 0 Å². The molecular weight excluding hydrogens is 280 g/mol. The van der Waals surface area contributed by atoms with Gasteiger partial charge in [0.05, 0.1) is 5.52 Å². The van der Waals surface area contributed by atoms with Crippen molar-refractivity contribution in [3.8, 4) is 0 Å². The summed E-state index contributed by atoms with van der Waals surface area (Å²) >= 11 is 0. The van der Waals surface area contributed by atoms with Crippen molar-refractivity contribution in [2.24, 2.45) is 0 Å². The maximum Gasteiger partial charge on any atom is 0.287 e. The van der Waals surface area contributed by atoms with Gasteiger partial charge in [0.1, 0.15) is 0 Å². The molecule has 2 heterocycles. The molecular formula is C16H22N4O2. The van der Waals surface area contributed by atoms with Crippen LogP contribution in [0.15, 0.2) is 24.4 Å². The molecule has 0 saturated carbocycles. The molecule has 2 aromatic heterocycles. The fourth-order valence-electron chi connectivity index (χ4n) is 2.09. The van der Waals surface area contributed by atoms with Crippen LogP contribution in [0.4, 0.5) is 0 Å². The number of carbonyl (C=O) groups excluding carboxylic acids is 2. The number of rotatable bonds is 5.